The molecule has 0 aliphatic rings. The Balaban J connectivity index is 0.000000437. The molecule has 0 bridgehead atoms. The van der Waals surface area contributed by atoms with Crippen molar-refractivity contribution in [3.05, 3.63) is 116 Å². The lowest BCUT2D eigenvalue weighted by molar-refractivity contribution is -0.193. The van der Waals surface area contributed by atoms with Crippen molar-refractivity contribution in [2.75, 3.05) is 72.3 Å². The third-order valence-electron chi connectivity index (χ3n) is 9.28. The Bertz CT molecular complexity index is 3120. The van der Waals surface area contributed by atoms with E-state index in [-0.39, 0.29) is 35.6 Å². The van der Waals surface area contributed by atoms with Crippen molar-refractivity contribution in [3.63, 3.8) is 0 Å². The number of carboxylic acid groups (broad SMARTS) is 1. The Hall–Kier alpha value is -7.57. The number of pyridine rings is 1. The number of carbonyl (C=O) groups excluding carboxylic acids is 3. The van der Waals surface area contributed by atoms with Gasteiger partial charge in [-0.1, -0.05) is 19.1 Å². The van der Waals surface area contributed by atoms with Crippen molar-refractivity contribution < 1.29 is 83.9 Å². The first-order valence-electron chi connectivity index (χ1n) is 22.2. The maximum atomic E-state index is 13.1. The van der Waals surface area contributed by atoms with Crippen LogP contribution in [0.5, 0.6) is 23.3 Å². The average molecular weight is 1160 g/mol. The molecular weight excluding hydrogens is 1100 g/mol. The van der Waals surface area contributed by atoms with Crippen molar-refractivity contribution >= 4 is 58.3 Å². The van der Waals surface area contributed by atoms with E-state index in [0.29, 0.717) is 43.2 Å². The van der Waals surface area contributed by atoms with Gasteiger partial charge in [0.2, 0.25) is 17.7 Å². The van der Waals surface area contributed by atoms with E-state index < -0.39 is 88.6 Å². The standard InChI is InChI=1S/C25H25F3N2O6.C15H18N6O6S.C3H8NO5P.C3H9S/c1-5-16-6-7-17(20(12-16)36-15(2)23(32)34-4)14-35-19-10-8-18(9-11-19)30-22(31)13-21(25(26,27)28)29(3)24(30)33;1-21(2)13(22)9-6-5-7-16-12(9)28(24,25)20-15(23)19-14-17-10(26-3)8-11(18-14)27-4;5-3(6)1-4-2-10(7,8)9;1-4(2)3/h6-13,15H,5,14H2,1-4H3;5-8H,1-4H3,(H2,17,18,19,20,23);4H,1-2H2,(H,5,6)(H2,7,8,9);1-3H3/q;;;+1/p-1. The fraction of sp³-hybridized carbons (Fsp3) is 0.370. The number of aliphatic carboxylic acids is 1. The molecule has 0 saturated carbocycles. The monoisotopic (exact) mass is 1160 g/mol. The van der Waals surface area contributed by atoms with Gasteiger partial charge in [-0.15, -0.1) is 0 Å². The van der Waals surface area contributed by atoms with E-state index in [2.05, 4.69) is 39.0 Å². The molecule has 78 heavy (non-hydrogen) atoms. The van der Waals surface area contributed by atoms with Crippen molar-refractivity contribution in [1.29, 1.82) is 0 Å². The highest BCUT2D eigenvalue weighted by Crippen LogP contribution is 2.28. The lowest BCUT2D eigenvalue weighted by Gasteiger charge is -2.17. The molecule has 0 saturated heterocycles. The largest absolute Gasteiger partial charge is 0.778 e. The van der Waals surface area contributed by atoms with Crippen LogP contribution in [0.4, 0.5) is 23.9 Å². The Morgan fingerprint density at radius 1 is 0.949 bits per heavy atom. The molecule has 5 N–H and O–H groups in total. The fourth-order valence-electron chi connectivity index (χ4n) is 5.72. The molecule has 5 rings (SSSR count). The van der Waals surface area contributed by atoms with Crippen molar-refractivity contribution in [3.8, 4) is 28.9 Å². The van der Waals surface area contributed by atoms with E-state index in [9.17, 15) is 59.8 Å². The number of benzene rings is 2. The summed E-state index contributed by atoms with van der Waals surface area (Å²) >= 11 is 0. The van der Waals surface area contributed by atoms with Gasteiger partial charge in [0.05, 0.1) is 70.2 Å². The SMILES string of the molecule is CCc1ccc(COc2ccc(-n3c(=O)cc(C(F)(F)F)n(C)c3=O)cc2)c(OC(C)C(=O)OC)c1.COc1cc(OC)nc(NC(=O)NS(=O)(=O)c2ncccc2C(=O)N(C)C)n1.C[S+](C)C.O=C(O)CNCP(=O)([O-])O. The van der Waals surface area contributed by atoms with Crippen LogP contribution in [0.2, 0.25) is 0 Å². The molecule has 5 aromatic rings. The number of hydrogen-bond donors (Lipinski definition) is 5. The maximum absolute atomic E-state index is 13.1. The number of halogens is 3. The molecule has 0 radical (unpaired) electrons. The van der Waals surface area contributed by atoms with Crippen LogP contribution in [0.3, 0.4) is 0 Å². The summed E-state index contributed by atoms with van der Waals surface area (Å²) < 4.78 is 103. The van der Waals surface area contributed by atoms with Crippen LogP contribution in [-0.4, -0.2) is 144 Å². The van der Waals surface area contributed by atoms with Gasteiger partial charge in [0.15, 0.2) is 11.1 Å². The van der Waals surface area contributed by atoms with Crippen LogP contribution < -0.4 is 50.4 Å². The zero-order chi connectivity index (χ0) is 59.3. The molecule has 3 heterocycles. The Kier molecular flexibility index (Phi) is 25.9. The van der Waals surface area contributed by atoms with E-state index in [0.717, 1.165) is 19.0 Å². The number of alkyl halides is 3. The lowest BCUT2D eigenvalue weighted by Crippen LogP contribution is -2.40. The fourth-order valence-corrected chi connectivity index (χ4v) is 7.15. The second-order valence-electron chi connectivity index (χ2n) is 16.1. The molecule has 0 aliphatic heterocycles. The van der Waals surface area contributed by atoms with Gasteiger partial charge in [-0.2, -0.15) is 31.6 Å². The minimum Gasteiger partial charge on any atom is -0.778 e. The highest BCUT2D eigenvalue weighted by atomic mass is 32.2. The lowest BCUT2D eigenvalue weighted by atomic mass is 10.1. The molecule has 0 fully saturated rings. The second kappa shape index (κ2) is 30.4. The Labute approximate surface area is 448 Å². The Morgan fingerprint density at radius 3 is 2.04 bits per heavy atom. The molecule has 26 nitrogen and oxygen atoms in total. The molecule has 2 unspecified atom stereocenters. The molecule has 428 valence electrons. The van der Waals surface area contributed by atoms with Crippen molar-refractivity contribution in [1.82, 2.24) is 39.0 Å². The number of aryl methyl sites for hydroxylation is 1. The summed E-state index contributed by atoms with van der Waals surface area (Å²) in [4.78, 5) is 101. The van der Waals surface area contributed by atoms with E-state index in [1.165, 1.54) is 89.0 Å². The van der Waals surface area contributed by atoms with E-state index >= 15 is 0 Å². The number of methoxy groups -OCH3 is 3. The molecule has 0 spiro atoms. The van der Waals surface area contributed by atoms with E-state index in [1.807, 2.05) is 30.4 Å². The number of nitrogens with one attached hydrogen (secondary N) is 3. The minimum atomic E-state index is -4.84. The number of urea groups is 1. The Morgan fingerprint density at radius 2 is 1.54 bits per heavy atom. The maximum Gasteiger partial charge on any atom is 0.431 e. The summed E-state index contributed by atoms with van der Waals surface area (Å²) in [6.45, 7) is 3.15. The highest BCUT2D eigenvalue weighted by molar-refractivity contribution is 7.94. The van der Waals surface area contributed by atoms with Gasteiger partial charge in [0.25, 0.3) is 21.5 Å². The predicted octanol–water partition coefficient (Wildman–Crippen LogP) is 2.40. The number of anilines is 1. The molecule has 3 amide bonds. The third kappa shape index (κ3) is 21.8. The zero-order valence-corrected chi connectivity index (χ0v) is 46.5. The van der Waals surface area contributed by atoms with Crippen molar-refractivity contribution in [2.24, 2.45) is 7.05 Å². The summed E-state index contributed by atoms with van der Waals surface area (Å²) in [5.74, 6) is -1.52. The highest BCUT2D eigenvalue weighted by Gasteiger charge is 2.35. The normalized spacial score (nSPS) is 12.0. The van der Waals surface area contributed by atoms with Gasteiger partial charge >= 0.3 is 29.8 Å². The molecule has 0 aliphatic carbocycles. The first kappa shape index (κ1) is 66.5. The number of amides is 3. The third-order valence-corrected chi connectivity index (χ3v) is 11.2. The number of nitrogens with zero attached hydrogens (tertiary/aromatic N) is 6. The first-order chi connectivity index (χ1) is 36.3. The molecule has 3 aromatic heterocycles. The number of ether oxygens (including phenoxy) is 5. The predicted molar refractivity (Wildman–Crippen MR) is 277 cm³/mol. The van der Waals surface area contributed by atoms with Crippen LogP contribution >= 0.6 is 7.60 Å². The van der Waals surface area contributed by atoms with Crippen molar-refractivity contribution in [2.45, 2.75) is 44.2 Å². The van der Waals surface area contributed by atoms with Gasteiger partial charge in [-0.25, -0.2) is 28.7 Å². The second-order valence-corrected chi connectivity index (χ2v) is 21.8. The molecular formula is C46H59F3N9O17PS2. The quantitative estimate of drug-likeness (QED) is 0.0478. The van der Waals surface area contributed by atoms with Crippen LogP contribution in [0.1, 0.15) is 41.0 Å². The molecule has 2 aromatic carbocycles. The van der Waals surface area contributed by atoms with Gasteiger partial charge in [0, 0.05) is 39.0 Å². The first-order valence-corrected chi connectivity index (χ1v) is 27.9. The van der Waals surface area contributed by atoms with Gasteiger partial charge in [-0.3, -0.25) is 29.6 Å². The summed E-state index contributed by atoms with van der Waals surface area (Å²) in [5, 5.41) is 11.5. The van der Waals surface area contributed by atoms with E-state index in [1.54, 1.807) is 11.6 Å². The number of esters is 1. The summed E-state index contributed by atoms with van der Waals surface area (Å²) in [6, 6.07) is 14.6. The smallest absolute Gasteiger partial charge is 0.431 e. The van der Waals surface area contributed by atoms with Crippen LogP contribution in [0.25, 0.3) is 5.69 Å². The number of rotatable bonds is 18. The number of hydrogen-bond acceptors (Lipinski definition) is 19. The summed E-state index contributed by atoms with van der Waals surface area (Å²) in [5.41, 5.74) is -1.99. The number of carbonyl (C=O) groups is 4. The van der Waals surface area contributed by atoms with Gasteiger partial charge in [0.1, 0.15) is 31.4 Å². The number of carboxylic acids is 1. The van der Waals surface area contributed by atoms with Crippen LogP contribution in [0.15, 0.2) is 87.5 Å². The van der Waals surface area contributed by atoms with Crippen LogP contribution in [0, 0.1) is 0 Å². The number of aromatic nitrogens is 5. The number of sulfonamides is 1. The van der Waals surface area contributed by atoms with Gasteiger partial charge in [-0.05, 0) is 72.3 Å². The summed E-state index contributed by atoms with van der Waals surface area (Å²) in [7, 11) is -0.337. The minimum absolute atomic E-state index is 0.0779. The van der Waals surface area contributed by atoms with Crippen LogP contribution in [-0.2, 0) is 66.1 Å². The summed E-state index contributed by atoms with van der Waals surface area (Å²) in [6.07, 6.45) is 2.16. The zero-order valence-electron chi connectivity index (χ0n) is 43.9. The van der Waals surface area contributed by atoms with Gasteiger partial charge < -0.3 is 48.0 Å². The topological polar surface area (TPSA) is 351 Å². The van der Waals surface area contributed by atoms with E-state index in [4.69, 9.17) is 33.7 Å². The molecule has 32 heteroatoms. The molecule has 2 atom stereocenters. The average Bonchev–Trinajstić information content (AvgIpc) is 3.36.